The molecule has 1 aliphatic heterocycles. The van der Waals surface area contributed by atoms with Crippen LogP contribution in [0.2, 0.25) is 18.1 Å². The van der Waals surface area contributed by atoms with Crippen molar-refractivity contribution in [2.45, 2.75) is 63.8 Å². The van der Waals surface area contributed by atoms with Crippen LogP contribution in [0.3, 0.4) is 0 Å². The van der Waals surface area contributed by atoms with Crippen LogP contribution in [0.4, 0.5) is 8.78 Å². The van der Waals surface area contributed by atoms with Crippen LogP contribution >= 0.6 is 0 Å². The zero-order valence-corrected chi connectivity index (χ0v) is 20.6. The summed E-state index contributed by atoms with van der Waals surface area (Å²) in [5.41, 5.74) is -1.36. The molecule has 1 amide bonds. The normalized spacial score (nSPS) is 26.2. The molecule has 30 heavy (non-hydrogen) atoms. The summed E-state index contributed by atoms with van der Waals surface area (Å²) in [7, 11) is -0.200. The summed E-state index contributed by atoms with van der Waals surface area (Å²) in [6.45, 7) is 19.3. The first-order valence-corrected chi connectivity index (χ1v) is 13.2. The maximum Gasteiger partial charge on any atom is 0.246 e. The Hall–Kier alpha value is -1.57. The van der Waals surface area contributed by atoms with Gasteiger partial charge in [-0.2, -0.15) is 0 Å². The Bertz CT molecular complexity index is 804. The number of piperazine rings is 1. The van der Waals surface area contributed by atoms with E-state index in [2.05, 4.69) is 40.4 Å². The predicted molar refractivity (Wildman–Crippen MR) is 120 cm³/mol. The van der Waals surface area contributed by atoms with Gasteiger partial charge in [-0.1, -0.05) is 26.8 Å². The number of hydrogen-bond acceptors (Lipinski definition) is 3. The van der Waals surface area contributed by atoms with Gasteiger partial charge in [-0.3, -0.25) is 9.69 Å². The van der Waals surface area contributed by atoms with Crippen molar-refractivity contribution in [2.75, 3.05) is 26.7 Å². The zero-order valence-electron chi connectivity index (χ0n) is 19.6. The molecule has 1 aromatic rings. The van der Waals surface area contributed by atoms with E-state index in [9.17, 15) is 13.6 Å². The van der Waals surface area contributed by atoms with Gasteiger partial charge in [0.2, 0.25) is 5.91 Å². The lowest BCUT2D eigenvalue weighted by Crippen LogP contribution is -2.72. The standard InChI is InChI=1S/C23H36F2N2O2Si/c1-10-11-27-20(28)23(6,16-29-30(8,9)21(2,3)4)26(7)15-22(27,5)17-12-18(24)14-19(25)13-17/h10,12-14H,1,11,15-16H2,2-9H3. The highest BCUT2D eigenvalue weighted by Gasteiger charge is 2.54. The highest BCUT2D eigenvalue weighted by Crippen LogP contribution is 2.41. The average molecular weight is 439 g/mol. The van der Waals surface area contributed by atoms with Gasteiger partial charge >= 0.3 is 0 Å². The first kappa shape index (κ1) is 24.7. The molecule has 7 heteroatoms. The number of rotatable bonds is 6. The molecule has 2 unspecified atom stereocenters. The zero-order chi connectivity index (χ0) is 23.1. The predicted octanol–water partition coefficient (Wildman–Crippen LogP) is 4.92. The molecule has 0 saturated carbocycles. The van der Waals surface area contributed by atoms with Gasteiger partial charge in [0.15, 0.2) is 8.32 Å². The fraction of sp³-hybridized carbons (Fsp3) is 0.609. The van der Waals surface area contributed by atoms with Gasteiger partial charge in [0.05, 0.1) is 12.1 Å². The second-order valence-electron chi connectivity index (χ2n) is 10.3. The van der Waals surface area contributed by atoms with Crippen LogP contribution in [0.1, 0.15) is 40.2 Å². The number of carbonyl (C=O) groups is 1. The van der Waals surface area contributed by atoms with E-state index in [1.54, 1.807) is 11.0 Å². The Morgan fingerprint density at radius 2 is 1.73 bits per heavy atom. The summed E-state index contributed by atoms with van der Waals surface area (Å²) in [5.74, 6) is -1.45. The van der Waals surface area contributed by atoms with Crippen molar-refractivity contribution in [2.24, 2.45) is 0 Å². The molecule has 2 atom stereocenters. The van der Waals surface area contributed by atoms with Gasteiger partial charge in [-0.25, -0.2) is 8.78 Å². The first-order chi connectivity index (χ1) is 13.6. The third-order valence-electron chi connectivity index (χ3n) is 7.01. The molecule has 168 valence electrons. The van der Waals surface area contributed by atoms with Crippen molar-refractivity contribution in [3.8, 4) is 0 Å². The van der Waals surface area contributed by atoms with Crippen molar-refractivity contribution in [3.05, 3.63) is 48.1 Å². The van der Waals surface area contributed by atoms with Gasteiger partial charge in [-0.15, -0.1) is 6.58 Å². The van der Waals surface area contributed by atoms with Crippen molar-refractivity contribution in [1.82, 2.24) is 9.80 Å². The molecule has 1 aromatic carbocycles. The maximum absolute atomic E-state index is 14.0. The lowest BCUT2D eigenvalue weighted by atomic mass is 9.81. The Morgan fingerprint density at radius 3 is 2.20 bits per heavy atom. The van der Waals surface area contributed by atoms with E-state index < -0.39 is 31.0 Å². The number of halogens is 2. The number of hydrogen-bond donors (Lipinski definition) is 0. The van der Waals surface area contributed by atoms with Crippen LogP contribution in [0, 0.1) is 11.6 Å². The largest absolute Gasteiger partial charge is 0.414 e. The fourth-order valence-electron chi connectivity index (χ4n) is 3.63. The highest BCUT2D eigenvalue weighted by molar-refractivity contribution is 6.74. The van der Waals surface area contributed by atoms with Crippen LogP contribution < -0.4 is 0 Å². The Balaban J connectivity index is 2.45. The van der Waals surface area contributed by atoms with Crippen LogP contribution in [-0.4, -0.2) is 56.3 Å². The molecular formula is C23H36F2N2O2Si. The van der Waals surface area contributed by atoms with E-state index in [-0.39, 0.29) is 24.1 Å². The van der Waals surface area contributed by atoms with Gasteiger partial charge in [0.1, 0.15) is 17.2 Å². The summed E-state index contributed by atoms with van der Waals surface area (Å²) in [6.07, 6.45) is 1.65. The van der Waals surface area contributed by atoms with Crippen molar-refractivity contribution in [3.63, 3.8) is 0 Å². The van der Waals surface area contributed by atoms with E-state index in [1.807, 2.05) is 25.8 Å². The molecule has 4 nitrogen and oxygen atoms in total. The monoisotopic (exact) mass is 438 g/mol. The summed E-state index contributed by atoms with van der Waals surface area (Å²) < 4.78 is 34.4. The quantitative estimate of drug-likeness (QED) is 0.467. The molecule has 0 radical (unpaired) electrons. The van der Waals surface area contributed by atoms with Crippen molar-refractivity contribution < 1.29 is 18.0 Å². The summed E-state index contributed by atoms with van der Waals surface area (Å²) in [4.78, 5) is 17.4. The van der Waals surface area contributed by atoms with E-state index in [0.29, 0.717) is 12.1 Å². The molecule has 0 aliphatic carbocycles. The van der Waals surface area contributed by atoms with Crippen molar-refractivity contribution >= 4 is 14.2 Å². The smallest absolute Gasteiger partial charge is 0.246 e. The van der Waals surface area contributed by atoms with Gasteiger partial charge in [0.25, 0.3) is 0 Å². The molecule has 1 fully saturated rings. The Morgan fingerprint density at radius 1 is 1.20 bits per heavy atom. The average Bonchev–Trinajstić information content (AvgIpc) is 2.60. The van der Waals surface area contributed by atoms with Crippen LogP contribution in [0.25, 0.3) is 0 Å². The third kappa shape index (κ3) is 4.38. The Labute approximate surface area is 181 Å². The second kappa shape index (κ2) is 8.17. The molecule has 0 bridgehead atoms. The number of nitrogens with zero attached hydrogens (tertiary/aromatic N) is 2. The second-order valence-corrected chi connectivity index (χ2v) is 15.1. The summed E-state index contributed by atoms with van der Waals surface area (Å²) >= 11 is 0. The molecule has 0 spiro atoms. The number of carbonyl (C=O) groups excluding carboxylic acids is 1. The third-order valence-corrected chi connectivity index (χ3v) is 11.5. The Kier molecular flexibility index (Phi) is 6.72. The fourth-order valence-corrected chi connectivity index (χ4v) is 4.71. The lowest BCUT2D eigenvalue weighted by molar-refractivity contribution is -0.164. The maximum atomic E-state index is 14.0. The first-order valence-electron chi connectivity index (χ1n) is 10.3. The molecule has 1 saturated heterocycles. The van der Waals surface area contributed by atoms with Crippen LogP contribution in [0.5, 0.6) is 0 Å². The van der Waals surface area contributed by atoms with Crippen LogP contribution in [-0.2, 0) is 14.8 Å². The molecule has 2 rings (SSSR count). The van der Waals surface area contributed by atoms with Gasteiger partial charge in [0, 0.05) is 19.2 Å². The number of benzene rings is 1. The summed E-state index contributed by atoms with van der Waals surface area (Å²) in [6, 6.07) is 3.44. The number of amides is 1. The van der Waals surface area contributed by atoms with E-state index in [1.165, 1.54) is 12.1 Å². The molecule has 0 N–H and O–H groups in total. The lowest BCUT2D eigenvalue weighted by Gasteiger charge is -2.56. The van der Waals surface area contributed by atoms with E-state index in [0.717, 1.165) is 6.07 Å². The number of likely N-dealkylation sites (N-methyl/N-ethyl adjacent to an activating group) is 1. The highest BCUT2D eigenvalue weighted by atomic mass is 28.4. The minimum atomic E-state index is -2.07. The molecule has 0 aromatic heterocycles. The minimum absolute atomic E-state index is 0.0219. The molecule has 1 heterocycles. The van der Waals surface area contributed by atoms with E-state index >= 15 is 0 Å². The topological polar surface area (TPSA) is 32.8 Å². The molecular weight excluding hydrogens is 402 g/mol. The van der Waals surface area contributed by atoms with E-state index in [4.69, 9.17) is 4.43 Å². The SMILES string of the molecule is C=CCN1C(=O)C(C)(CO[Si](C)(C)C(C)(C)C)N(C)CC1(C)c1cc(F)cc(F)c1. The summed E-state index contributed by atoms with van der Waals surface area (Å²) in [5, 5.41) is 0.0219. The minimum Gasteiger partial charge on any atom is -0.414 e. The van der Waals surface area contributed by atoms with Crippen molar-refractivity contribution in [1.29, 1.82) is 0 Å². The molecule has 1 aliphatic rings. The van der Waals surface area contributed by atoms with Gasteiger partial charge < -0.3 is 9.33 Å². The van der Waals surface area contributed by atoms with Gasteiger partial charge in [-0.05, 0) is 56.7 Å². The van der Waals surface area contributed by atoms with Crippen LogP contribution in [0.15, 0.2) is 30.9 Å².